The van der Waals surface area contributed by atoms with Gasteiger partial charge >= 0.3 is 0 Å². The Hall–Kier alpha value is -1.32. The fourth-order valence-corrected chi connectivity index (χ4v) is 2.51. The van der Waals surface area contributed by atoms with E-state index in [4.69, 9.17) is 0 Å². The normalized spacial score (nSPS) is 16.2. The molecule has 3 nitrogen and oxygen atoms in total. The quantitative estimate of drug-likeness (QED) is 0.875. The minimum absolute atomic E-state index is 0. The van der Waals surface area contributed by atoms with Gasteiger partial charge in [0.05, 0.1) is 6.20 Å². The standard InChI is InChI=1S/C14H17N3.ClH/c1-3-12(14-9-16-17-10-14)4-2-11(1)13-5-7-15-8-6-13;/h1-4,9-10,13,15H,5-8H2,(H,16,17);1H. The number of hydrogen-bond donors (Lipinski definition) is 2. The van der Waals surface area contributed by atoms with Gasteiger partial charge < -0.3 is 5.32 Å². The summed E-state index contributed by atoms with van der Waals surface area (Å²) < 4.78 is 0. The highest BCUT2D eigenvalue weighted by atomic mass is 35.5. The van der Waals surface area contributed by atoms with Gasteiger partial charge in [0, 0.05) is 11.8 Å². The van der Waals surface area contributed by atoms with Crippen LogP contribution in [0.3, 0.4) is 0 Å². The number of hydrogen-bond acceptors (Lipinski definition) is 2. The van der Waals surface area contributed by atoms with Crippen LogP contribution >= 0.6 is 12.4 Å². The molecule has 0 unspecified atom stereocenters. The van der Waals surface area contributed by atoms with Gasteiger partial charge in [0.25, 0.3) is 0 Å². The Morgan fingerprint density at radius 1 is 1.00 bits per heavy atom. The van der Waals surface area contributed by atoms with Gasteiger partial charge in [0.15, 0.2) is 0 Å². The number of piperidine rings is 1. The summed E-state index contributed by atoms with van der Waals surface area (Å²) in [4.78, 5) is 0. The first-order valence-corrected chi connectivity index (χ1v) is 6.23. The Morgan fingerprint density at radius 3 is 2.33 bits per heavy atom. The van der Waals surface area contributed by atoms with E-state index in [0.717, 1.165) is 24.6 Å². The van der Waals surface area contributed by atoms with E-state index in [2.05, 4.69) is 39.8 Å². The molecule has 0 radical (unpaired) electrons. The number of benzene rings is 1. The van der Waals surface area contributed by atoms with E-state index < -0.39 is 0 Å². The predicted molar refractivity (Wildman–Crippen MR) is 76.1 cm³/mol. The first-order chi connectivity index (χ1) is 8.43. The van der Waals surface area contributed by atoms with Crippen LogP contribution in [0.5, 0.6) is 0 Å². The summed E-state index contributed by atoms with van der Waals surface area (Å²) in [5, 5.41) is 10.2. The van der Waals surface area contributed by atoms with Crippen LogP contribution in [0.15, 0.2) is 36.7 Å². The molecular weight excluding hydrogens is 246 g/mol. The fraction of sp³-hybridized carbons (Fsp3) is 0.357. The molecule has 1 saturated heterocycles. The Morgan fingerprint density at radius 2 is 1.72 bits per heavy atom. The number of aromatic nitrogens is 2. The van der Waals surface area contributed by atoms with Gasteiger partial charge in [-0.25, -0.2) is 0 Å². The van der Waals surface area contributed by atoms with Crippen molar-refractivity contribution >= 4 is 12.4 Å². The van der Waals surface area contributed by atoms with E-state index in [1.54, 1.807) is 0 Å². The van der Waals surface area contributed by atoms with Crippen molar-refractivity contribution in [3.8, 4) is 11.1 Å². The minimum Gasteiger partial charge on any atom is -0.317 e. The van der Waals surface area contributed by atoms with Crippen molar-refractivity contribution in [1.29, 1.82) is 0 Å². The number of H-pyrrole nitrogens is 1. The van der Waals surface area contributed by atoms with Crippen molar-refractivity contribution in [1.82, 2.24) is 15.5 Å². The topological polar surface area (TPSA) is 40.7 Å². The zero-order valence-corrected chi connectivity index (χ0v) is 11.0. The summed E-state index contributed by atoms with van der Waals surface area (Å²) in [6.07, 6.45) is 6.30. The number of rotatable bonds is 2. The third-order valence-electron chi connectivity index (χ3n) is 3.55. The van der Waals surface area contributed by atoms with Crippen molar-refractivity contribution in [3.63, 3.8) is 0 Å². The number of aromatic amines is 1. The van der Waals surface area contributed by atoms with Crippen LogP contribution in [0.4, 0.5) is 0 Å². The highest BCUT2D eigenvalue weighted by molar-refractivity contribution is 5.85. The summed E-state index contributed by atoms with van der Waals surface area (Å²) in [6, 6.07) is 8.92. The zero-order chi connectivity index (χ0) is 11.5. The molecule has 0 spiro atoms. The second-order valence-corrected chi connectivity index (χ2v) is 4.63. The highest BCUT2D eigenvalue weighted by Gasteiger charge is 2.14. The number of nitrogens with one attached hydrogen (secondary N) is 2. The van der Waals surface area contributed by atoms with Crippen LogP contribution in [0.1, 0.15) is 24.3 Å². The minimum atomic E-state index is 0. The molecule has 0 bridgehead atoms. The molecule has 96 valence electrons. The van der Waals surface area contributed by atoms with Gasteiger partial charge in [-0.05, 0) is 43.0 Å². The van der Waals surface area contributed by atoms with Gasteiger partial charge in [-0.2, -0.15) is 5.10 Å². The SMILES string of the molecule is Cl.c1cc(C2CCNCC2)ccc1-c1cn[nH]c1. The highest BCUT2D eigenvalue weighted by Crippen LogP contribution is 2.27. The van der Waals surface area contributed by atoms with Gasteiger partial charge in [-0.15, -0.1) is 12.4 Å². The summed E-state index contributed by atoms with van der Waals surface area (Å²) in [7, 11) is 0. The number of nitrogens with zero attached hydrogens (tertiary/aromatic N) is 1. The molecule has 0 atom stereocenters. The van der Waals surface area contributed by atoms with Crippen molar-refractivity contribution in [2.24, 2.45) is 0 Å². The van der Waals surface area contributed by atoms with Crippen LogP contribution in [0.25, 0.3) is 11.1 Å². The van der Waals surface area contributed by atoms with Crippen molar-refractivity contribution in [3.05, 3.63) is 42.2 Å². The monoisotopic (exact) mass is 263 g/mol. The molecule has 0 saturated carbocycles. The molecule has 1 fully saturated rings. The lowest BCUT2D eigenvalue weighted by Gasteiger charge is -2.23. The molecule has 1 aliphatic heterocycles. The molecule has 4 heteroatoms. The van der Waals surface area contributed by atoms with Gasteiger partial charge in [0.2, 0.25) is 0 Å². The molecule has 2 N–H and O–H groups in total. The van der Waals surface area contributed by atoms with Crippen molar-refractivity contribution in [2.45, 2.75) is 18.8 Å². The average molecular weight is 264 g/mol. The van der Waals surface area contributed by atoms with E-state index >= 15 is 0 Å². The largest absolute Gasteiger partial charge is 0.317 e. The lowest BCUT2D eigenvalue weighted by molar-refractivity contribution is 0.460. The first kappa shape index (κ1) is 13.1. The molecule has 2 heterocycles. The number of halogens is 1. The predicted octanol–water partition coefficient (Wildman–Crippen LogP) is 2.97. The van der Waals surface area contributed by atoms with Crippen LogP contribution < -0.4 is 5.32 Å². The van der Waals surface area contributed by atoms with Gasteiger partial charge in [-0.1, -0.05) is 24.3 Å². The molecule has 0 amide bonds. The maximum Gasteiger partial charge on any atom is 0.0565 e. The fourth-order valence-electron chi connectivity index (χ4n) is 2.51. The molecule has 3 rings (SSSR count). The molecule has 18 heavy (non-hydrogen) atoms. The van der Waals surface area contributed by atoms with E-state index in [1.807, 2.05) is 12.4 Å². The third-order valence-corrected chi connectivity index (χ3v) is 3.55. The molecular formula is C14H18ClN3. The second-order valence-electron chi connectivity index (χ2n) is 4.63. The Bertz CT molecular complexity index is 458. The van der Waals surface area contributed by atoms with Gasteiger partial charge in [0.1, 0.15) is 0 Å². The van der Waals surface area contributed by atoms with Crippen LogP contribution in [0.2, 0.25) is 0 Å². The van der Waals surface area contributed by atoms with Gasteiger partial charge in [-0.3, -0.25) is 5.10 Å². The Labute approximate surface area is 113 Å². The summed E-state index contributed by atoms with van der Waals surface area (Å²) in [5.74, 6) is 0.731. The second kappa shape index (κ2) is 6.03. The lowest BCUT2D eigenvalue weighted by atomic mass is 9.89. The molecule has 0 aliphatic carbocycles. The smallest absolute Gasteiger partial charge is 0.0565 e. The van der Waals surface area contributed by atoms with Crippen LogP contribution in [0, 0.1) is 0 Å². The van der Waals surface area contributed by atoms with E-state index in [1.165, 1.54) is 24.0 Å². The zero-order valence-electron chi connectivity index (χ0n) is 10.2. The Balaban J connectivity index is 0.00000120. The summed E-state index contributed by atoms with van der Waals surface area (Å²) in [6.45, 7) is 2.29. The van der Waals surface area contributed by atoms with Crippen LogP contribution in [-0.2, 0) is 0 Å². The van der Waals surface area contributed by atoms with E-state index in [-0.39, 0.29) is 12.4 Å². The Kier molecular flexibility index (Phi) is 4.39. The molecule has 1 aromatic heterocycles. The average Bonchev–Trinajstić information content (AvgIpc) is 2.94. The van der Waals surface area contributed by atoms with E-state index in [9.17, 15) is 0 Å². The maximum absolute atomic E-state index is 3.98. The lowest BCUT2D eigenvalue weighted by Crippen LogP contribution is -2.26. The van der Waals surface area contributed by atoms with Crippen molar-refractivity contribution in [2.75, 3.05) is 13.1 Å². The first-order valence-electron chi connectivity index (χ1n) is 6.23. The summed E-state index contributed by atoms with van der Waals surface area (Å²) in [5.41, 5.74) is 3.86. The molecule has 2 aromatic rings. The summed E-state index contributed by atoms with van der Waals surface area (Å²) >= 11 is 0. The molecule has 1 aliphatic rings. The third kappa shape index (κ3) is 2.74. The maximum atomic E-state index is 3.98. The molecule has 1 aromatic carbocycles. The van der Waals surface area contributed by atoms with Crippen molar-refractivity contribution < 1.29 is 0 Å². The van der Waals surface area contributed by atoms with Crippen LogP contribution in [-0.4, -0.2) is 23.3 Å². The van der Waals surface area contributed by atoms with E-state index in [0.29, 0.717) is 0 Å².